The normalized spacial score (nSPS) is 11.1. The van der Waals surface area contributed by atoms with Crippen LogP contribution in [-0.2, 0) is 13.5 Å². The van der Waals surface area contributed by atoms with E-state index >= 15 is 0 Å². The van der Waals surface area contributed by atoms with E-state index in [0.29, 0.717) is 0 Å². The molecule has 0 unspecified atom stereocenters. The maximum atomic E-state index is 5.91. The standard InChI is InChI=1S/C12H12ClN5S/c1-18-6-3-8(17-18)2-5-14-10-9-4-7-19-11(9)16-12(13)15-10/h3-4,6-7H,2,5H2,1H3,(H,14,15,16). The molecule has 0 fully saturated rings. The first kappa shape index (κ1) is 12.4. The molecule has 3 rings (SSSR count). The maximum absolute atomic E-state index is 5.91. The molecule has 0 saturated carbocycles. The van der Waals surface area contributed by atoms with Gasteiger partial charge in [0, 0.05) is 26.2 Å². The van der Waals surface area contributed by atoms with Crippen LogP contribution in [0.15, 0.2) is 23.7 Å². The molecule has 5 nitrogen and oxygen atoms in total. The SMILES string of the molecule is Cn1ccc(CCNc2nc(Cl)nc3sccc23)n1. The zero-order valence-electron chi connectivity index (χ0n) is 10.3. The van der Waals surface area contributed by atoms with Crippen molar-refractivity contribution in [1.29, 1.82) is 0 Å². The van der Waals surface area contributed by atoms with Gasteiger partial charge in [0.2, 0.25) is 5.28 Å². The van der Waals surface area contributed by atoms with Gasteiger partial charge in [-0.15, -0.1) is 11.3 Å². The van der Waals surface area contributed by atoms with E-state index in [2.05, 4.69) is 20.4 Å². The van der Waals surface area contributed by atoms with Gasteiger partial charge in [-0.1, -0.05) is 0 Å². The summed E-state index contributed by atoms with van der Waals surface area (Å²) in [5.41, 5.74) is 1.05. The molecule has 0 aliphatic heterocycles. The number of anilines is 1. The van der Waals surface area contributed by atoms with Crippen LogP contribution in [-0.4, -0.2) is 26.3 Å². The number of hydrogen-bond donors (Lipinski definition) is 1. The Kier molecular flexibility index (Phi) is 3.35. The molecule has 3 aromatic heterocycles. The highest BCUT2D eigenvalue weighted by atomic mass is 35.5. The van der Waals surface area contributed by atoms with Crippen molar-refractivity contribution in [1.82, 2.24) is 19.7 Å². The molecule has 1 N–H and O–H groups in total. The fraction of sp³-hybridized carbons (Fsp3) is 0.250. The van der Waals surface area contributed by atoms with Crippen molar-refractivity contribution in [3.05, 3.63) is 34.7 Å². The van der Waals surface area contributed by atoms with Crippen molar-refractivity contribution < 1.29 is 0 Å². The van der Waals surface area contributed by atoms with Gasteiger partial charge in [-0.25, -0.2) is 9.97 Å². The van der Waals surface area contributed by atoms with Crippen LogP contribution in [0.4, 0.5) is 5.82 Å². The minimum Gasteiger partial charge on any atom is -0.369 e. The summed E-state index contributed by atoms with van der Waals surface area (Å²) >= 11 is 7.47. The zero-order chi connectivity index (χ0) is 13.2. The van der Waals surface area contributed by atoms with Crippen molar-refractivity contribution in [2.24, 2.45) is 7.05 Å². The summed E-state index contributed by atoms with van der Waals surface area (Å²) in [6.45, 7) is 0.759. The molecule has 0 bridgehead atoms. The summed E-state index contributed by atoms with van der Waals surface area (Å²) < 4.78 is 1.80. The van der Waals surface area contributed by atoms with E-state index in [4.69, 9.17) is 11.6 Å². The largest absolute Gasteiger partial charge is 0.369 e. The Balaban J connectivity index is 1.73. The van der Waals surface area contributed by atoms with E-state index < -0.39 is 0 Å². The highest BCUT2D eigenvalue weighted by Gasteiger charge is 2.07. The maximum Gasteiger partial charge on any atom is 0.225 e. The van der Waals surface area contributed by atoms with Crippen LogP contribution in [0, 0.1) is 0 Å². The Bertz CT molecular complexity index is 705. The van der Waals surface area contributed by atoms with Crippen LogP contribution < -0.4 is 5.32 Å². The minimum absolute atomic E-state index is 0.273. The third-order valence-electron chi connectivity index (χ3n) is 2.74. The number of aromatic nitrogens is 4. The van der Waals surface area contributed by atoms with Gasteiger partial charge in [0.1, 0.15) is 10.6 Å². The monoisotopic (exact) mass is 293 g/mol. The summed E-state index contributed by atoms with van der Waals surface area (Å²) in [6, 6.07) is 4.01. The van der Waals surface area contributed by atoms with E-state index in [-0.39, 0.29) is 5.28 Å². The Morgan fingerprint density at radius 2 is 2.26 bits per heavy atom. The van der Waals surface area contributed by atoms with Crippen LogP contribution in [0.1, 0.15) is 5.69 Å². The average Bonchev–Trinajstić information content (AvgIpc) is 2.98. The molecule has 0 radical (unpaired) electrons. The van der Waals surface area contributed by atoms with Gasteiger partial charge in [-0.2, -0.15) is 5.10 Å². The number of thiophene rings is 1. The smallest absolute Gasteiger partial charge is 0.225 e. The van der Waals surface area contributed by atoms with E-state index in [1.54, 1.807) is 16.0 Å². The zero-order valence-corrected chi connectivity index (χ0v) is 11.9. The van der Waals surface area contributed by atoms with Gasteiger partial charge in [0.15, 0.2) is 0 Å². The predicted octanol–water partition coefficient (Wildman–Crippen LogP) is 2.73. The lowest BCUT2D eigenvalue weighted by atomic mass is 10.3. The summed E-state index contributed by atoms with van der Waals surface area (Å²) in [7, 11) is 1.91. The second kappa shape index (κ2) is 5.14. The second-order valence-electron chi connectivity index (χ2n) is 4.14. The summed E-state index contributed by atoms with van der Waals surface area (Å²) in [5.74, 6) is 0.784. The Labute approximate surface area is 119 Å². The molecule has 0 spiro atoms. The summed E-state index contributed by atoms with van der Waals surface area (Å²) in [4.78, 5) is 9.32. The first-order valence-electron chi connectivity index (χ1n) is 5.85. The summed E-state index contributed by atoms with van der Waals surface area (Å²) in [5, 5.41) is 10.9. The Morgan fingerprint density at radius 1 is 1.37 bits per heavy atom. The van der Waals surface area contributed by atoms with Gasteiger partial charge < -0.3 is 5.32 Å². The molecular formula is C12H12ClN5S. The van der Waals surface area contributed by atoms with Crippen LogP contribution in [0.25, 0.3) is 10.2 Å². The molecule has 0 aliphatic carbocycles. The van der Waals surface area contributed by atoms with E-state index in [9.17, 15) is 0 Å². The third kappa shape index (κ3) is 2.69. The first-order valence-corrected chi connectivity index (χ1v) is 7.11. The average molecular weight is 294 g/mol. The number of halogens is 1. The number of nitrogens with zero attached hydrogens (tertiary/aromatic N) is 4. The number of aryl methyl sites for hydroxylation is 1. The second-order valence-corrected chi connectivity index (χ2v) is 5.37. The van der Waals surface area contributed by atoms with E-state index in [1.807, 2.05) is 30.8 Å². The van der Waals surface area contributed by atoms with Gasteiger partial charge in [0.25, 0.3) is 0 Å². The van der Waals surface area contributed by atoms with Crippen LogP contribution in [0.3, 0.4) is 0 Å². The van der Waals surface area contributed by atoms with Crippen molar-refractivity contribution in [2.45, 2.75) is 6.42 Å². The quantitative estimate of drug-likeness (QED) is 0.752. The van der Waals surface area contributed by atoms with Crippen LogP contribution in [0.5, 0.6) is 0 Å². The molecule has 0 atom stereocenters. The molecule has 0 aliphatic rings. The molecule has 3 heterocycles. The number of rotatable bonds is 4. The summed E-state index contributed by atoms with van der Waals surface area (Å²) in [6.07, 6.45) is 2.78. The van der Waals surface area contributed by atoms with Crippen LogP contribution >= 0.6 is 22.9 Å². The number of fused-ring (bicyclic) bond motifs is 1. The van der Waals surface area contributed by atoms with Crippen molar-refractivity contribution in [3.8, 4) is 0 Å². The van der Waals surface area contributed by atoms with Gasteiger partial charge in [-0.3, -0.25) is 4.68 Å². The van der Waals surface area contributed by atoms with E-state index in [0.717, 1.165) is 34.7 Å². The van der Waals surface area contributed by atoms with Gasteiger partial charge >= 0.3 is 0 Å². The Hall–Kier alpha value is -1.66. The van der Waals surface area contributed by atoms with Gasteiger partial charge in [-0.05, 0) is 29.1 Å². The highest BCUT2D eigenvalue weighted by Crippen LogP contribution is 2.26. The Morgan fingerprint density at radius 3 is 3.05 bits per heavy atom. The molecule has 98 valence electrons. The molecular weight excluding hydrogens is 282 g/mol. The van der Waals surface area contributed by atoms with Crippen molar-refractivity contribution >= 4 is 39.0 Å². The molecule has 0 amide bonds. The first-order chi connectivity index (χ1) is 9.22. The number of nitrogens with one attached hydrogen (secondary N) is 1. The molecule has 0 aromatic carbocycles. The fourth-order valence-corrected chi connectivity index (χ4v) is 2.85. The predicted molar refractivity (Wildman–Crippen MR) is 77.8 cm³/mol. The third-order valence-corrected chi connectivity index (χ3v) is 3.72. The lowest BCUT2D eigenvalue weighted by molar-refractivity contribution is 0.742. The number of hydrogen-bond acceptors (Lipinski definition) is 5. The van der Waals surface area contributed by atoms with Crippen LogP contribution in [0.2, 0.25) is 5.28 Å². The van der Waals surface area contributed by atoms with E-state index in [1.165, 1.54) is 0 Å². The highest BCUT2D eigenvalue weighted by molar-refractivity contribution is 7.16. The van der Waals surface area contributed by atoms with Crippen molar-refractivity contribution in [3.63, 3.8) is 0 Å². The van der Waals surface area contributed by atoms with Crippen molar-refractivity contribution in [2.75, 3.05) is 11.9 Å². The topological polar surface area (TPSA) is 55.6 Å². The molecule has 7 heteroatoms. The molecule has 3 aromatic rings. The fourth-order valence-electron chi connectivity index (χ4n) is 1.87. The lowest BCUT2D eigenvalue weighted by Gasteiger charge is -2.05. The molecule has 0 saturated heterocycles. The minimum atomic E-state index is 0.273. The van der Waals surface area contributed by atoms with Gasteiger partial charge in [0.05, 0.1) is 11.1 Å². The molecule has 19 heavy (non-hydrogen) atoms. The lowest BCUT2D eigenvalue weighted by Crippen LogP contribution is -2.07.